The predicted molar refractivity (Wildman–Crippen MR) is 78.3 cm³/mol. The maximum atomic E-state index is 13.0. The number of rotatable bonds is 3. The van der Waals surface area contributed by atoms with Crippen LogP contribution in [0, 0.1) is 0 Å². The quantitative estimate of drug-likeness (QED) is 0.819. The number of hydrogen-bond acceptors (Lipinski definition) is 3. The fraction of sp³-hybridized carbons (Fsp3) is 0.250. The minimum atomic E-state index is -4.70. The van der Waals surface area contributed by atoms with E-state index in [1.165, 1.54) is 12.1 Å². The molecule has 0 radical (unpaired) electrons. The Hall–Kier alpha value is -1.51. The highest BCUT2D eigenvalue weighted by atomic mass is 35.6. The van der Waals surface area contributed by atoms with E-state index in [1.54, 1.807) is 0 Å². The summed E-state index contributed by atoms with van der Waals surface area (Å²) in [5, 5.41) is 5.93. The van der Waals surface area contributed by atoms with Crippen molar-refractivity contribution < 1.29 is 18.0 Å². The Balaban J connectivity index is 2.34. The Labute approximate surface area is 143 Å². The Morgan fingerprint density at radius 1 is 1.22 bits per heavy atom. The van der Waals surface area contributed by atoms with Gasteiger partial charge < -0.3 is 5.32 Å². The van der Waals surface area contributed by atoms with Gasteiger partial charge in [0.25, 0.3) is 5.91 Å². The zero-order valence-electron chi connectivity index (χ0n) is 11.1. The summed E-state index contributed by atoms with van der Waals surface area (Å²) in [4.78, 5) is 15.9. The van der Waals surface area contributed by atoms with Crippen LogP contribution in [0.2, 0.25) is 0 Å². The van der Waals surface area contributed by atoms with E-state index in [0.29, 0.717) is 0 Å². The number of benzene rings is 1. The van der Waals surface area contributed by atoms with Crippen LogP contribution in [0.5, 0.6) is 0 Å². The van der Waals surface area contributed by atoms with Crippen LogP contribution in [0.1, 0.15) is 22.1 Å². The van der Waals surface area contributed by atoms with E-state index < -0.39 is 33.2 Å². The summed E-state index contributed by atoms with van der Waals surface area (Å²) in [5.74, 6) is -1.07. The summed E-state index contributed by atoms with van der Waals surface area (Å²) >= 11 is 17.3. The van der Waals surface area contributed by atoms with Crippen molar-refractivity contribution >= 4 is 40.7 Å². The minimum Gasteiger partial charge on any atom is -0.327 e. The van der Waals surface area contributed by atoms with Gasteiger partial charge >= 0.3 is 6.18 Å². The first-order valence-corrected chi connectivity index (χ1v) is 7.12. The average Bonchev–Trinajstić information content (AvgIpc) is 2.96. The topological polar surface area (TPSA) is 59.8 Å². The lowest BCUT2D eigenvalue weighted by Gasteiger charge is -2.25. The van der Waals surface area contributed by atoms with E-state index in [1.807, 2.05) is 0 Å². The van der Waals surface area contributed by atoms with Gasteiger partial charge in [-0.3, -0.25) is 4.79 Å². The zero-order chi connectivity index (χ0) is 17.3. The minimum absolute atomic E-state index is 0.598. The number of carbonyl (C=O) groups excluding carboxylic acids is 1. The van der Waals surface area contributed by atoms with E-state index in [2.05, 4.69) is 15.4 Å². The molecular weight excluding hydrogens is 380 g/mol. The summed E-state index contributed by atoms with van der Waals surface area (Å²) < 4.78 is 37.9. The molecule has 124 valence electrons. The van der Waals surface area contributed by atoms with Crippen molar-refractivity contribution in [1.29, 1.82) is 0 Å². The van der Waals surface area contributed by atoms with Crippen LogP contribution in [0.4, 0.5) is 13.2 Å². The average molecular weight is 388 g/mol. The number of nitrogens with one attached hydrogen (secondary N) is 1. The molecule has 2 rings (SSSR count). The van der Waals surface area contributed by atoms with Crippen molar-refractivity contribution in [2.24, 2.45) is 0 Å². The predicted octanol–water partition coefficient (Wildman–Crippen LogP) is 3.60. The monoisotopic (exact) mass is 386 g/mol. The molecule has 0 aliphatic heterocycles. The summed E-state index contributed by atoms with van der Waals surface area (Å²) in [6, 6.07) is 4.27. The van der Waals surface area contributed by atoms with Crippen LogP contribution >= 0.6 is 34.8 Å². The van der Waals surface area contributed by atoms with Gasteiger partial charge in [-0.05, 0) is 12.1 Å². The van der Waals surface area contributed by atoms with E-state index in [4.69, 9.17) is 34.8 Å². The maximum absolute atomic E-state index is 13.0. The van der Waals surface area contributed by atoms with Crippen LogP contribution < -0.4 is 5.32 Å². The van der Waals surface area contributed by atoms with Crippen LogP contribution in [0.15, 0.2) is 36.9 Å². The number of aromatic nitrogens is 3. The lowest BCUT2D eigenvalue weighted by molar-refractivity contribution is -0.137. The number of nitrogens with zero attached hydrogens (tertiary/aromatic N) is 3. The van der Waals surface area contributed by atoms with Gasteiger partial charge in [0.05, 0.1) is 11.1 Å². The molecule has 11 heteroatoms. The van der Waals surface area contributed by atoms with E-state index >= 15 is 0 Å². The molecule has 0 aliphatic carbocycles. The molecule has 1 aromatic carbocycles. The highest BCUT2D eigenvalue weighted by Gasteiger charge is 2.39. The van der Waals surface area contributed by atoms with E-state index in [0.717, 1.165) is 29.5 Å². The van der Waals surface area contributed by atoms with Crippen molar-refractivity contribution in [1.82, 2.24) is 20.1 Å². The smallest absolute Gasteiger partial charge is 0.327 e. The van der Waals surface area contributed by atoms with Crippen molar-refractivity contribution in [3.8, 4) is 0 Å². The molecule has 1 amide bonds. The Kier molecular flexibility index (Phi) is 5.07. The van der Waals surface area contributed by atoms with Gasteiger partial charge in [0, 0.05) is 0 Å². The van der Waals surface area contributed by atoms with Gasteiger partial charge in [0.15, 0.2) is 6.17 Å². The maximum Gasteiger partial charge on any atom is 0.417 e. The standard InChI is InChI=1S/C12H8Cl3F3N4O/c13-11(14,15)10(22-6-19-5-20-22)21-9(23)7-3-1-2-4-8(7)12(16,17)18/h1-6,10H,(H,21,23). The summed E-state index contributed by atoms with van der Waals surface area (Å²) in [6.45, 7) is 0. The number of hydrogen-bond donors (Lipinski definition) is 1. The third kappa shape index (κ3) is 4.27. The normalized spacial score (nSPS) is 13.7. The SMILES string of the molecule is O=C(NC(n1cncn1)C(Cl)(Cl)Cl)c1ccccc1C(F)(F)F. The Bertz CT molecular complexity index is 686. The molecule has 1 atom stereocenters. The van der Waals surface area contributed by atoms with Gasteiger partial charge in [0.1, 0.15) is 12.7 Å². The second-order valence-electron chi connectivity index (χ2n) is 4.34. The molecule has 1 unspecified atom stereocenters. The lowest BCUT2D eigenvalue weighted by Crippen LogP contribution is -2.41. The van der Waals surface area contributed by atoms with Crippen LogP contribution in [0.3, 0.4) is 0 Å². The van der Waals surface area contributed by atoms with Gasteiger partial charge in [-0.15, -0.1) is 0 Å². The van der Waals surface area contributed by atoms with E-state index in [9.17, 15) is 18.0 Å². The molecule has 0 saturated carbocycles. The molecule has 2 aromatic rings. The first-order chi connectivity index (χ1) is 10.6. The Morgan fingerprint density at radius 2 is 1.87 bits per heavy atom. The molecule has 0 aliphatic rings. The lowest BCUT2D eigenvalue weighted by atomic mass is 10.1. The highest BCUT2D eigenvalue weighted by molar-refractivity contribution is 6.67. The number of carbonyl (C=O) groups is 1. The third-order valence-electron chi connectivity index (χ3n) is 2.76. The van der Waals surface area contributed by atoms with Gasteiger partial charge in [0.2, 0.25) is 3.79 Å². The molecule has 0 bridgehead atoms. The second-order valence-corrected chi connectivity index (χ2v) is 6.71. The van der Waals surface area contributed by atoms with Crippen LogP contribution in [0.25, 0.3) is 0 Å². The van der Waals surface area contributed by atoms with Crippen molar-refractivity contribution in [3.63, 3.8) is 0 Å². The summed E-state index contributed by atoms with van der Waals surface area (Å²) in [7, 11) is 0. The molecule has 1 aromatic heterocycles. The highest BCUT2D eigenvalue weighted by Crippen LogP contribution is 2.37. The second kappa shape index (κ2) is 6.54. The third-order valence-corrected chi connectivity index (χ3v) is 3.38. The number of alkyl halides is 6. The van der Waals surface area contributed by atoms with Crippen LogP contribution in [-0.4, -0.2) is 24.5 Å². The van der Waals surface area contributed by atoms with Crippen LogP contribution in [-0.2, 0) is 6.18 Å². The van der Waals surface area contributed by atoms with E-state index in [-0.39, 0.29) is 0 Å². The van der Waals surface area contributed by atoms with Crippen molar-refractivity contribution in [2.45, 2.75) is 16.1 Å². The van der Waals surface area contributed by atoms with Crippen molar-refractivity contribution in [2.75, 3.05) is 0 Å². The molecule has 23 heavy (non-hydrogen) atoms. The molecule has 0 saturated heterocycles. The molecule has 1 heterocycles. The fourth-order valence-corrected chi connectivity index (χ4v) is 2.24. The van der Waals surface area contributed by atoms with Gasteiger partial charge in [-0.25, -0.2) is 9.67 Å². The zero-order valence-corrected chi connectivity index (χ0v) is 13.3. The summed E-state index contributed by atoms with van der Waals surface area (Å²) in [5.41, 5.74) is -1.70. The molecule has 0 spiro atoms. The first kappa shape index (κ1) is 17.8. The molecular formula is C12H8Cl3F3N4O. The number of amides is 1. The summed E-state index contributed by atoms with van der Waals surface area (Å²) in [6.07, 6.45) is -3.76. The van der Waals surface area contributed by atoms with Gasteiger partial charge in [-0.1, -0.05) is 46.9 Å². The number of halogens is 6. The Morgan fingerprint density at radius 3 is 2.39 bits per heavy atom. The first-order valence-electron chi connectivity index (χ1n) is 5.98. The largest absolute Gasteiger partial charge is 0.417 e. The fourth-order valence-electron chi connectivity index (χ4n) is 1.78. The molecule has 0 fully saturated rings. The van der Waals surface area contributed by atoms with Gasteiger partial charge in [-0.2, -0.15) is 18.3 Å². The van der Waals surface area contributed by atoms with Crippen molar-refractivity contribution in [3.05, 3.63) is 48.0 Å². The molecule has 1 N–H and O–H groups in total. The molecule has 5 nitrogen and oxygen atoms in total.